The molecule has 1 aliphatic carbocycles. The van der Waals surface area contributed by atoms with Crippen LogP contribution in [-0.4, -0.2) is 32.4 Å². The van der Waals surface area contributed by atoms with Crippen molar-refractivity contribution in [3.05, 3.63) is 27.4 Å². The third-order valence-electron chi connectivity index (χ3n) is 3.15. The summed E-state index contributed by atoms with van der Waals surface area (Å²) in [7, 11) is 3.52. The van der Waals surface area contributed by atoms with Gasteiger partial charge in [-0.1, -0.05) is 11.6 Å². The molecule has 18 heavy (non-hydrogen) atoms. The standard InChI is InChI=1S/C12H14BrClFNO2/c1-16-9-5-11(12(9)17-2)18-10-4-8(15)7(14)3-6(10)13/h3-4,9,11-12,16H,5H2,1-2H3. The summed E-state index contributed by atoms with van der Waals surface area (Å²) in [5.74, 6) is -0.0492. The van der Waals surface area contributed by atoms with Crippen molar-refractivity contribution in [2.24, 2.45) is 0 Å². The van der Waals surface area contributed by atoms with Crippen LogP contribution < -0.4 is 10.1 Å². The van der Waals surface area contributed by atoms with Gasteiger partial charge < -0.3 is 14.8 Å². The second-order valence-electron chi connectivity index (χ2n) is 4.18. The SMILES string of the molecule is CNC1CC(Oc2cc(F)c(Cl)cc2Br)C1OC. The zero-order valence-electron chi connectivity index (χ0n) is 10.0. The lowest BCUT2D eigenvalue weighted by molar-refractivity contribution is -0.0872. The van der Waals surface area contributed by atoms with E-state index < -0.39 is 5.82 Å². The van der Waals surface area contributed by atoms with E-state index in [2.05, 4.69) is 21.2 Å². The van der Waals surface area contributed by atoms with Gasteiger partial charge in [0.2, 0.25) is 0 Å². The number of halogens is 3. The summed E-state index contributed by atoms with van der Waals surface area (Å²) < 4.78 is 25.1. The molecule has 3 nitrogen and oxygen atoms in total. The minimum absolute atomic E-state index is 0.0272. The lowest BCUT2D eigenvalue weighted by Gasteiger charge is -2.43. The Kier molecular flexibility index (Phi) is 4.48. The van der Waals surface area contributed by atoms with Gasteiger partial charge in [-0.3, -0.25) is 0 Å². The number of hydrogen-bond donors (Lipinski definition) is 1. The third-order valence-corrected chi connectivity index (χ3v) is 4.05. The summed E-state index contributed by atoms with van der Waals surface area (Å²) in [4.78, 5) is 0. The maximum atomic E-state index is 13.4. The summed E-state index contributed by atoms with van der Waals surface area (Å²) in [6, 6.07) is 3.05. The van der Waals surface area contributed by atoms with Crippen LogP contribution in [0.25, 0.3) is 0 Å². The highest BCUT2D eigenvalue weighted by molar-refractivity contribution is 9.10. The lowest BCUT2D eigenvalue weighted by Crippen LogP contribution is -2.60. The molecule has 1 fully saturated rings. The normalized spacial score (nSPS) is 26.8. The Morgan fingerprint density at radius 3 is 2.83 bits per heavy atom. The van der Waals surface area contributed by atoms with Gasteiger partial charge in [-0.05, 0) is 29.0 Å². The van der Waals surface area contributed by atoms with Crippen molar-refractivity contribution >= 4 is 27.5 Å². The number of nitrogens with one attached hydrogen (secondary N) is 1. The summed E-state index contributed by atoms with van der Waals surface area (Å²) in [6.45, 7) is 0. The van der Waals surface area contributed by atoms with Crippen LogP contribution in [0.3, 0.4) is 0 Å². The minimum Gasteiger partial charge on any atom is -0.486 e. The first-order valence-electron chi connectivity index (χ1n) is 5.58. The Hall–Kier alpha value is -0.360. The number of ether oxygens (including phenoxy) is 2. The van der Waals surface area contributed by atoms with Crippen LogP contribution in [0.2, 0.25) is 5.02 Å². The van der Waals surface area contributed by atoms with Gasteiger partial charge in [0.1, 0.15) is 23.8 Å². The van der Waals surface area contributed by atoms with Gasteiger partial charge in [0.25, 0.3) is 0 Å². The van der Waals surface area contributed by atoms with Gasteiger partial charge in [-0.2, -0.15) is 0 Å². The molecule has 0 bridgehead atoms. The summed E-state index contributed by atoms with van der Waals surface area (Å²) >= 11 is 8.98. The van der Waals surface area contributed by atoms with Gasteiger partial charge in [-0.25, -0.2) is 4.39 Å². The molecule has 0 heterocycles. The monoisotopic (exact) mass is 337 g/mol. The molecule has 0 aliphatic heterocycles. The van der Waals surface area contributed by atoms with E-state index in [4.69, 9.17) is 21.1 Å². The lowest BCUT2D eigenvalue weighted by atomic mass is 9.85. The van der Waals surface area contributed by atoms with Crippen LogP contribution in [0.5, 0.6) is 5.75 Å². The maximum absolute atomic E-state index is 13.4. The van der Waals surface area contributed by atoms with E-state index in [1.54, 1.807) is 7.11 Å². The van der Waals surface area contributed by atoms with Crippen LogP contribution in [0.1, 0.15) is 6.42 Å². The van der Waals surface area contributed by atoms with Gasteiger partial charge >= 0.3 is 0 Å². The highest BCUT2D eigenvalue weighted by Gasteiger charge is 2.42. The summed E-state index contributed by atoms with van der Waals surface area (Å²) in [5, 5.41) is 3.21. The Balaban J connectivity index is 2.09. The van der Waals surface area contributed by atoms with E-state index in [-0.39, 0.29) is 23.3 Å². The number of hydrogen-bond acceptors (Lipinski definition) is 3. The molecule has 1 saturated carbocycles. The van der Waals surface area contributed by atoms with Crippen LogP contribution >= 0.6 is 27.5 Å². The van der Waals surface area contributed by atoms with Crippen molar-refractivity contribution in [3.8, 4) is 5.75 Å². The Morgan fingerprint density at radius 2 is 2.22 bits per heavy atom. The van der Waals surface area contributed by atoms with Crippen molar-refractivity contribution in [2.45, 2.75) is 24.7 Å². The molecule has 6 heteroatoms. The number of methoxy groups -OCH3 is 1. The van der Waals surface area contributed by atoms with Crippen LogP contribution in [0.4, 0.5) is 4.39 Å². The fourth-order valence-electron chi connectivity index (χ4n) is 2.05. The molecule has 1 aliphatic rings. The number of likely N-dealkylation sites (N-methyl/N-ethyl adjacent to an activating group) is 1. The average molecular weight is 339 g/mol. The Morgan fingerprint density at radius 1 is 1.50 bits per heavy atom. The highest BCUT2D eigenvalue weighted by atomic mass is 79.9. The molecule has 1 N–H and O–H groups in total. The molecular weight excluding hydrogens is 324 g/mol. The summed E-state index contributed by atoms with van der Waals surface area (Å²) in [6.07, 6.45) is 0.719. The van der Waals surface area contributed by atoms with Crippen molar-refractivity contribution in [1.29, 1.82) is 0 Å². The molecule has 3 atom stereocenters. The van der Waals surface area contributed by atoms with Gasteiger partial charge in [0.15, 0.2) is 0 Å². The molecule has 3 unspecified atom stereocenters. The first-order valence-corrected chi connectivity index (χ1v) is 6.75. The van der Waals surface area contributed by atoms with Crippen LogP contribution in [0, 0.1) is 5.82 Å². The quantitative estimate of drug-likeness (QED) is 0.856. The van der Waals surface area contributed by atoms with Crippen LogP contribution in [-0.2, 0) is 4.74 Å². The summed E-state index contributed by atoms with van der Waals surface area (Å²) in [5.41, 5.74) is 0. The second kappa shape index (κ2) is 5.74. The molecular formula is C12H14BrClFNO2. The smallest absolute Gasteiger partial charge is 0.145 e. The first-order chi connectivity index (χ1) is 8.56. The third kappa shape index (κ3) is 2.64. The topological polar surface area (TPSA) is 30.5 Å². The number of benzene rings is 1. The molecule has 0 aromatic heterocycles. The van der Waals surface area contributed by atoms with E-state index >= 15 is 0 Å². The van der Waals surface area contributed by atoms with Gasteiger partial charge in [0, 0.05) is 25.6 Å². The molecule has 100 valence electrons. The molecule has 0 radical (unpaired) electrons. The molecule has 0 amide bonds. The molecule has 2 rings (SSSR count). The second-order valence-corrected chi connectivity index (χ2v) is 5.45. The van der Waals surface area contributed by atoms with Crippen LogP contribution in [0.15, 0.2) is 16.6 Å². The first kappa shape index (κ1) is 14.1. The van der Waals surface area contributed by atoms with Crippen molar-refractivity contribution in [1.82, 2.24) is 5.32 Å². The Labute approximate surface area is 119 Å². The Bertz CT molecular complexity index is 446. The van der Waals surface area contributed by atoms with Crippen molar-refractivity contribution in [2.75, 3.05) is 14.2 Å². The predicted octanol–water partition coefficient (Wildman–Crippen LogP) is 3.00. The molecule has 0 spiro atoms. The largest absolute Gasteiger partial charge is 0.486 e. The van der Waals surface area contributed by atoms with E-state index in [1.807, 2.05) is 7.05 Å². The van der Waals surface area contributed by atoms with E-state index in [0.717, 1.165) is 6.42 Å². The number of rotatable bonds is 4. The molecule has 1 aromatic rings. The molecule has 0 saturated heterocycles. The van der Waals surface area contributed by atoms with Crippen molar-refractivity contribution in [3.63, 3.8) is 0 Å². The molecule has 1 aromatic carbocycles. The fourth-order valence-corrected chi connectivity index (χ4v) is 2.79. The van der Waals surface area contributed by atoms with E-state index in [9.17, 15) is 4.39 Å². The minimum atomic E-state index is -0.492. The zero-order chi connectivity index (χ0) is 13.3. The maximum Gasteiger partial charge on any atom is 0.145 e. The van der Waals surface area contributed by atoms with Crippen molar-refractivity contribution < 1.29 is 13.9 Å². The highest BCUT2D eigenvalue weighted by Crippen LogP contribution is 2.35. The fraction of sp³-hybridized carbons (Fsp3) is 0.500. The van der Waals surface area contributed by atoms with E-state index in [0.29, 0.717) is 10.2 Å². The van der Waals surface area contributed by atoms with Gasteiger partial charge in [-0.15, -0.1) is 0 Å². The average Bonchev–Trinajstić information content (AvgIpc) is 2.30. The zero-order valence-corrected chi connectivity index (χ0v) is 12.4. The van der Waals surface area contributed by atoms with E-state index in [1.165, 1.54) is 12.1 Å². The van der Waals surface area contributed by atoms with Gasteiger partial charge in [0.05, 0.1) is 9.50 Å². The predicted molar refractivity (Wildman–Crippen MR) is 71.8 cm³/mol.